The van der Waals surface area contributed by atoms with Crippen LogP contribution in [0.3, 0.4) is 0 Å². The molecular formula is C19H26ClN3O3. The molecule has 1 heterocycles. The van der Waals surface area contributed by atoms with E-state index in [-0.39, 0.29) is 40.6 Å². The molecule has 1 aliphatic heterocycles. The van der Waals surface area contributed by atoms with Crippen LogP contribution in [0.15, 0.2) is 18.2 Å². The molecule has 2 rings (SSSR count). The maximum absolute atomic E-state index is 12.4. The van der Waals surface area contributed by atoms with Crippen molar-refractivity contribution in [1.29, 1.82) is 0 Å². The minimum absolute atomic E-state index is 0.00348. The van der Waals surface area contributed by atoms with Gasteiger partial charge in [-0.15, -0.1) is 0 Å². The van der Waals surface area contributed by atoms with Gasteiger partial charge < -0.3 is 15.5 Å². The highest BCUT2D eigenvalue weighted by molar-refractivity contribution is 6.34. The summed E-state index contributed by atoms with van der Waals surface area (Å²) in [5, 5.41) is 5.98. The first-order valence-corrected chi connectivity index (χ1v) is 9.25. The third-order valence-electron chi connectivity index (χ3n) is 4.78. The van der Waals surface area contributed by atoms with Crippen molar-refractivity contribution in [3.8, 4) is 0 Å². The number of anilines is 1. The summed E-state index contributed by atoms with van der Waals surface area (Å²) in [5.41, 5.74) is 0.543. The van der Waals surface area contributed by atoms with Gasteiger partial charge in [-0.3, -0.25) is 14.4 Å². The zero-order valence-electron chi connectivity index (χ0n) is 15.7. The predicted molar refractivity (Wildman–Crippen MR) is 102 cm³/mol. The van der Waals surface area contributed by atoms with Crippen LogP contribution in [0.2, 0.25) is 5.02 Å². The first-order valence-electron chi connectivity index (χ1n) is 8.87. The molecular weight excluding hydrogens is 354 g/mol. The summed E-state index contributed by atoms with van der Waals surface area (Å²) in [6, 6.07) is 4.80. The number of hydrogen-bond donors (Lipinski definition) is 2. The lowest BCUT2D eigenvalue weighted by molar-refractivity contribution is -0.128. The highest BCUT2D eigenvalue weighted by Crippen LogP contribution is 2.24. The van der Waals surface area contributed by atoms with Crippen molar-refractivity contribution in [2.45, 2.75) is 46.1 Å². The number of amides is 3. The maximum Gasteiger partial charge on any atom is 0.253 e. The van der Waals surface area contributed by atoms with Gasteiger partial charge in [0.2, 0.25) is 11.8 Å². The summed E-state index contributed by atoms with van der Waals surface area (Å²) in [6.07, 6.45) is 1.01. The van der Waals surface area contributed by atoms with Crippen molar-refractivity contribution in [1.82, 2.24) is 10.2 Å². The summed E-state index contributed by atoms with van der Waals surface area (Å²) in [5.74, 6) is -0.833. The van der Waals surface area contributed by atoms with Crippen LogP contribution in [-0.2, 0) is 9.59 Å². The topological polar surface area (TPSA) is 78.5 Å². The van der Waals surface area contributed by atoms with Gasteiger partial charge in [0.25, 0.3) is 5.91 Å². The smallest absolute Gasteiger partial charge is 0.253 e. The van der Waals surface area contributed by atoms with Crippen molar-refractivity contribution in [2.75, 3.05) is 18.4 Å². The molecule has 0 unspecified atom stereocenters. The molecule has 7 heteroatoms. The molecule has 0 bridgehead atoms. The molecule has 1 aliphatic rings. The number of carbonyl (C=O) groups excluding carboxylic acids is 3. The zero-order valence-corrected chi connectivity index (χ0v) is 16.4. The maximum atomic E-state index is 12.4. The number of hydrogen-bond acceptors (Lipinski definition) is 3. The van der Waals surface area contributed by atoms with Gasteiger partial charge >= 0.3 is 0 Å². The molecule has 6 nitrogen and oxygen atoms in total. The van der Waals surface area contributed by atoms with Crippen molar-refractivity contribution >= 4 is 35.0 Å². The summed E-state index contributed by atoms with van der Waals surface area (Å²) < 4.78 is 0. The number of carbonyl (C=O) groups is 3. The number of likely N-dealkylation sites (tertiary alicyclic amines) is 1. The first-order chi connectivity index (χ1) is 12.2. The molecule has 1 saturated heterocycles. The van der Waals surface area contributed by atoms with E-state index in [4.69, 9.17) is 11.6 Å². The first kappa shape index (κ1) is 20.2. The van der Waals surface area contributed by atoms with Gasteiger partial charge in [0.05, 0.1) is 16.5 Å². The molecule has 0 radical (unpaired) electrons. The molecule has 142 valence electrons. The monoisotopic (exact) mass is 379 g/mol. The third kappa shape index (κ3) is 4.75. The van der Waals surface area contributed by atoms with Crippen molar-refractivity contribution < 1.29 is 14.4 Å². The van der Waals surface area contributed by atoms with E-state index in [2.05, 4.69) is 10.6 Å². The van der Waals surface area contributed by atoms with Crippen LogP contribution >= 0.6 is 11.6 Å². The molecule has 1 fully saturated rings. The van der Waals surface area contributed by atoms with Crippen molar-refractivity contribution in [2.24, 2.45) is 5.92 Å². The summed E-state index contributed by atoms with van der Waals surface area (Å²) in [6.45, 7) is 8.80. The van der Waals surface area contributed by atoms with E-state index < -0.39 is 0 Å². The van der Waals surface area contributed by atoms with Gasteiger partial charge in [-0.25, -0.2) is 0 Å². The highest BCUT2D eigenvalue weighted by atomic mass is 35.5. The molecule has 3 amide bonds. The van der Waals surface area contributed by atoms with E-state index in [0.29, 0.717) is 24.3 Å². The Morgan fingerprint density at radius 1 is 1.31 bits per heavy atom. The Labute approximate surface area is 159 Å². The van der Waals surface area contributed by atoms with Crippen LogP contribution in [0.5, 0.6) is 0 Å². The fourth-order valence-electron chi connectivity index (χ4n) is 2.74. The Morgan fingerprint density at radius 2 is 2.00 bits per heavy atom. The fourth-order valence-corrected chi connectivity index (χ4v) is 3.00. The lowest BCUT2D eigenvalue weighted by Crippen LogP contribution is -2.42. The highest BCUT2D eigenvalue weighted by Gasteiger charge is 2.33. The van der Waals surface area contributed by atoms with E-state index >= 15 is 0 Å². The number of benzene rings is 1. The Kier molecular flexibility index (Phi) is 6.29. The van der Waals surface area contributed by atoms with Gasteiger partial charge in [0.15, 0.2) is 0 Å². The standard InChI is InChI=1S/C19H26ClN3O3/c1-5-19(3,4)22-18(26)14-8-7-13(10-15(14)20)21-17(25)12-9-16(24)23(6-2)11-12/h7-8,10,12H,5-6,9,11H2,1-4H3,(H,21,25)(H,22,26)/t12-/m1/s1. The molecule has 0 aliphatic carbocycles. The summed E-state index contributed by atoms with van der Waals surface area (Å²) >= 11 is 6.23. The zero-order chi connectivity index (χ0) is 19.5. The molecule has 0 aromatic heterocycles. The number of nitrogens with one attached hydrogen (secondary N) is 2. The van der Waals surface area contributed by atoms with E-state index in [9.17, 15) is 14.4 Å². The van der Waals surface area contributed by atoms with Gasteiger partial charge in [0.1, 0.15) is 0 Å². The second-order valence-corrected chi connectivity index (χ2v) is 7.62. The quantitative estimate of drug-likeness (QED) is 0.797. The van der Waals surface area contributed by atoms with E-state index in [1.54, 1.807) is 23.1 Å². The van der Waals surface area contributed by atoms with Crippen LogP contribution in [0.25, 0.3) is 0 Å². The van der Waals surface area contributed by atoms with E-state index in [1.807, 2.05) is 27.7 Å². The van der Waals surface area contributed by atoms with Gasteiger partial charge in [-0.1, -0.05) is 18.5 Å². The van der Waals surface area contributed by atoms with Crippen LogP contribution in [0.1, 0.15) is 50.9 Å². The number of nitrogens with zero attached hydrogens (tertiary/aromatic N) is 1. The lowest BCUT2D eigenvalue weighted by Gasteiger charge is -2.24. The van der Waals surface area contributed by atoms with Gasteiger partial charge in [-0.2, -0.15) is 0 Å². The minimum Gasteiger partial charge on any atom is -0.347 e. The Bertz CT molecular complexity index is 718. The fraction of sp³-hybridized carbons (Fsp3) is 0.526. The van der Waals surface area contributed by atoms with Crippen molar-refractivity contribution in [3.05, 3.63) is 28.8 Å². The average molecular weight is 380 g/mol. The average Bonchev–Trinajstić information content (AvgIpc) is 2.95. The molecule has 0 spiro atoms. The largest absolute Gasteiger partial charge is 0.347 e. The molecule has 0 saturated carbocycles. The number of halogens is 1. The Morgan fingerprint density at radius 3 is 2.54 bits per heavy atom. The Balaban J connectivity index is 2.04. The van der Waals surface area contributed by atoms with E-state index in [0.717, 1.165) is 6.42 Å². The molecule has 1 aromatic carbocycles. The summed E-state index contributed by atoms with van der Waals surface area (Å²) in [4.78, 5) is 38.2. The Hall–Kier alpha value is -2.08. The van der Waals surface area contributed by atoms with Crippen LogP contribution in [0.4, 0.5) is 5.69 Å². The second-order valence-electron chi connectivity index (χ2n) is 7.21. The molecule has 2 N–H and O–H groups in total. The molecule has 1 atom stereocenters. The SMILES string of the molecule is CCN1C[C@H](C(=O)Nc2ccc(C(=O)NC(C)(C)CC)c(Cl)c2)CC1=O. The summed E-state index contributed by atoms with van der Waals surface area (Å²) in [7, 11) is 0. The lowest BCUT2D eigenvalue weighted by atomic mass is 10.0. The minimum atomic E-state index is -0.366. The third-order valence-corrected chi connectivity index (χ3v) is 5.10. The second kappa shape index (κ2) is 8.08. The normalized spacial score (nSPS) is 17.3. The number of rotatable bonds is 6. The van der Waals surface area contributed by atoms with Crippen LogP contribution < -0.4 is 10.6 Å². The van der Waals surface area contributed by atoms with Gasteiger partial charge in [-0.05, 0) is 45.4 Å². The van der Waals surface area contributed by atoms with Crippen LogP contribution in [-0.4, -0.2) is 41.2 Å². The molecule has 1 aromatic rings. The van der Waals surface area contributed by atoms with E-state index in [1.165, 1.54) is 0 Å². The van der Waals surface area contributed by atoms with Gasteiger partial charge in [0, 0.05) is 30.7 Å². The van der Waals surface area contributed by atoms with Crippen molar-refractivity contribution in [3.63, 3.8) is 0 Å². The predicted octanol–water partition coefficient (Wildman–Crippen LogP) is 3.07. The van der Waals surface area contributed by atoms with Crippen LogP contribution in [0, 0.1) is 5.92 Å². The molecule has 26 heavy (non-hydrogen) atoms.